The van der Waals surface area contributed by atoms with Crippen molar-refractivity contribution < 1.29 is 14.3 Å². The van der Waals surface area contributed by atoms with Gasteiger partial charge < -0.3 is 21.5 Å². The number of rotatable bonds is 6. The van der Waals surface area contributed by atoms with Gasteiger partial charge in [-0.15, -0.1) is 0 Å². The SMILES string of the molecule is COc1cc(NC(=O)[C@@H](N)CCC(N)=O)cc2ccccc12. The molecule has 6 nitrogen and oxygen atoms in total. The molecular formula is C16H19N3O3. The Kier molecular flexibility index (Phi) is 4.95. The molecule has 116 valence electrons. The van der Waals surface area contributed by atoms with Crippen LogP contribution in [0.5, 0.6) is 5.75 Å². The number of ether oxygens (including phenoxy) is 1. The van der Waals surface area contributed by atoms with Gasteiger partial charge in [0.15, 0.2) is 0 Å². The third-order valence-corrected chi connectivity index (χ3v) is 3.35. The van der Waals surface area contributed by atoms with E-state index in [-0.39, 0.29) is 18.7 Å². The zero-order chi connectivity index (χ0) is 16.1. The van der Waals surface area contributed by atoms with E-state index >= 15 is 0 Å². The summed E-state index contributed by atoms with van der Waals surface area (Å²) >= 11 is 0. The quantitative estimate of drug-likeness (QED) is 0.749. The summed E-state index contributed by atoms with van der Waals surface area (Å²) in [4.78, 5) is 22.8. The van der Waals surface area contributed by atoms with Crippen LogP contribution in [0.3, 0.4) is 0 Å². The van der Waals surface area contributed by atoms with Crippen molar-refractivity contribution in [3.05, 3.63) is 36.4 Å². The lowest BCUT2D eigenvalue weighted by atomic mass is 10.1. The van der Waals surface area contributed by atoms with Gasteiger partial charge in [-0.25, -0.2) is 0 Å². The van der Waals surface area contributed by atoms with Crippen molar-refractivity contribution in [2.75, 3.05) is 12.4 Å². The molecule has 0 aliphatic heterocycles. The van der Waals surface area contributed by atoms with Gasteiger partial charge >= 0.3 is 0 Å². The van der Waals surface area contributed by atoms with Crippen LogP contribution >= 0.6 is 0 Å². The second-order valence-electron chi connectivity index (χ2n) is 5.00. The molecule has 2 aromatic carbocycles. The van der Waals surface area contributed by atoms with Crippen molar-refractivity contribution in [3.63, 3.8) is 0 Å². The van der Waals surface area contributed by atoms with Crippen molar-refractivity contribution >= 4 is 28.3 Å². The number of nitrogens with two attached hydrogens (primary N) is 2. The van der Waals surface area contributed by atoms with Crippen molar-refractivity contribution in [1.29, 1.82) is 0 Å². The Morgan fingerprint density at radius 2 is 2.00 bits per heavy atom. The maximum Gasteiger partial charge on any atom is 0.241 e. The summed E-state index contributed by atoms with van der Waals surface area (Å²) in [6, 6.07) is 10.5. The number of fused-ring (bicyclic) bond motifs is 1. The molecule has 2 amide bonds. The number of anilines is 1. The summed E-state index contributed by atoms with van der Waals surface area (Å²) in [6.07, 6.45) is 0.293. The van der Waals surface area contributed by atoms with Crippen LogP contribution in [-0.4, -0.2) is 25.0 Å². The van der Waals surface area contributed by atoms with E-state index in [0.29, 0.717) is 11.4 Å². The van der Waals surface area contributed by atoms with Crippen molar-refractivity contribution in [1.82, 2.24) is 0 Å². The molecule has 0 aliphatic carbocycles. The zero-order valence-corrected chi connectivity index (χ0v) is 12.3. The molecule has 0 spiro atoms. The van der Waals surface area contributed by atoms with Crippen LogP contribution in [0, 0.1) is 0 Å². The molecule has 2 aromatic rings. The number of methoxy groups -OCH3 is 1. The van der Waals surface area contributed by atoms with Crippen LogP contribution in [0.25, 0.3) is 10.8 Å². The molecule has 0 bridgehead atoms. The summed E-state index contributed by atoms with van der Waals surface area (Å²) < 4.78 is 5.35. The maximum absolute atomic E-state index is 12.0. The molecule has 0 heterocycles. The normalized spacial score (nSPS) is 11.9. The minimum Gasteiger partial charge on any atom is -0.496 e. The van der Waals surface area contributed by atoms with E-state index < -0.39 is 11.9 Å². The lowest BCUT2D eigenvalue weighted by Gasteiger charge is -2.13. The van der Waals surface area contributed by atoms with Crippen molar-refractivity contribution in [3.8, 4) is 5.75 Å². The van der Waals surface area contributed by atoms with Gasteiger partial charge in [0.2, 0.25) is 11.8 Å². The Morgan fingerprint density at radius 3 is 2.68 bits per heavy atom. The van der Waals surface area contributed by atoms with Crippen LogP contribution in [0.2, 0.25) is 0 Å². The lowest BCUT2D eigenvalue weighted by molar-refractivity contribution is -0.119. The third-order valence-electron chi connectivity index (χ3n) is 3.35. The molecule has 5 N–H and O–H groups in total. The van der Waals surface area contributed by atoms with Gasteiger partial charge in [0.25, 0.3) is 0 Å². The van der Waals surface area contributed by atoms with Crippen LogP contribution in [0.4, 0.5) is 5.69 Å². The smallest absolute Gasteiger partial charge is 0.241 e. The Hall–Kier alpha value is -2.60. The third kappa shape index (κ3) is 3.73. The van der Waals surface area contributed by atoms with Gasteiger partial charge in [-0.1, -0.05) is 24.3 Å². The molecule has 0 unspecified atom stereocenters. The van der Waals surface area contributed by atoms with Crippen LogP contribution in [0.15, 0.2) is 36.4 Å². The molecule has 22 heavy (non-hydrogen) atoms. The Labute approximate surface area is 128 Å². The summed E-state index contributed by atoms with van der Waals surface area (Å²) in [5.74, 6) is -0.173. The number of carbonyl (C=O) groups excluding carboxylic acids is 2. The first kappa shape index (κ1) is 15.8. The molecule has 0 aromatic heterocycles. The number of nitrogens with one attached hydrogen (secondary N) is 1. The highest BCUT2D eigenvalue weighted by atomic mass is 16.5. The van der Waals surface area contributed by atoms with E-state index in [2.05, 4.69) is 5.32 Å². The fourth-order valence-electron chi connectivity index (χ4n) is 2.18. The van der Waals surface area contributed by atoms with E-state index in [1.807, 2.05) is 30.3 Å². The molecule has 0 saturated heterocycles. The number of carbonyl (C=O) groups is 2. The standard InChI is InChI=1S/C16H19N3O3/c1-22-14-9-11(8-10-4-2-3-5-12(10)14)19-16(21)13(17)6-7-15(18)20/h2-5,8-9,13H,6-7,17H2,1H3,(H2,18,20)(H,19,21)/t13-/m0/s1. The fourth-order valence-corrected chi connectivity index (χ4v) is 2.18. The number of hydrogen-bond acceptors (Lipinski definition) is 4. The molecule has 0 aliphatic rings. The van der Waals surface area contributed by atoms with Crippen LogP contribution in [0.1, 0.15) is 12.8 Å². The highest BCUT2D eigenvalue weighted by Gasteiger charge is 2.15. The molecule has 0 radical (unpaired) electrons. The van der Waals surface area contributed by atoms with E-state index in [4.69, 9.17) is 16.2 Å². The van der Waals surface area contributed by atoms with Crippen LogP contribution < -0.4 is 21.5 Å². The van der Waals surface area contributed by atoms with Gasteiger partial charge in [0.05, 0.1) is 13.2 Å². The number of hydrogen-bond donors (Lipinski definition) is 3. The highest BCUT2D eigenvalue weighted by molar-refractivity contribution is 5.99. The minimum absolute atomic E-state index is 0.0790. The van der Waals surface area contributed by atoms with E-state index in [1.165, 1.54) is 0 Å². The van der Waals surface area contributed by atoms with E-state index in [1.54, 1.807) is 13.2 Å². The Balaban J connectivity index is 2.17. The minimum atomic E-state index is -0.787. The highest BCUT2D eigenvalue weighted by Crippen LogP contribution is 2.29. The summed E-state index contributed by atoms with van der Waals surface area (Å²) in [5.41, 5.74) is 11.4. The maximum atomic E-state index is 12.0. The monoisotopic (exact) mass is 301 g/mol. The predicted octanol–water partition coefficient (Wildman–Crippen LogP) is 1.38. The average Bonchev–Trinajstić information content (AvgIpc) is 2.51. The van der Waals surface area contributed by atoms with Crippen molar-refractivity contribution in [2.24, 2.45) is 11.5 Å². The summed E-state index contributed by atoms with van der Waals surface area (Å²) in [7, 11) is 1.58. The first-order chi connectivity index (χ1) is 10.5. The summed E-state index contributed by atoms with van der Waals surface area (Å²) in [5, 5.41) is 4.64. The largest absolute Gasteiger partial charge is 0.496 e. The molecule has 6 heteroatoms. The Bertz CT molecular complexity index is 700. The first-order valence-electron chi connectivity index (χ1n) is 6.93. The molecular weight excluding hydrogens is 282 g/mol. The molecule has 1 atom stereocenters. The van der Waals surface area contributed by atoms with E-state index in [0.717, 1.165) is 10.8 Å². The number of primary amides is 1. The summed E-state index contributed by atoms with van der Waals surface area (Å²) in [6.45, 7) is 0. The molecule has 0 saturated carbocycles. The van der Waals surface area contributed by atoms with Gasteiger partial charge in [-0.05, 0) is 17.9 Å². The lowest BCUT2D eigenvalue weighted by Crippen LogP contribution is -2.36. The second kappa shape index (κ2) is 6.91. The Morgan fingerprint density at radius 1 is 1.27 bits per heavy atom. The van der Waals surface area contributed by atoms with Crippen LogP contribution in [-0.2, 0) is 9.59 Å². The topological polar surface area (TPSA) is 107 Å². The van der Waals surface area contributed by atoms with Gasteiger partial charge in [0, 0.05) is 23.6 Å². The number of benzene rings is 2. The predicted molar refractivity (Wildman–Crippen MR) is 85.5 cm³/mol. The average molecular weight is 301 g/mol. The number of amides is 2. The van der Waals surface area contributed by atoms with Crippen molar-refractivity contribution in [2.45, 2.75) is 18.9 Å². The van der Waals surface area contributed by atoms with Gasteiger partial charge in [-0.3, -0.25) is 9.59 Å². The fraction of sp³-hybridized carbons (Fsp3) is 0.250. The molecule has 0 fully saturated rings. The van der Waals surface area contributed by atoms with Gasteiger partial charge in [0.1, 0.15) is 5.75 Å². The van der Waals surface area contributed by atoms with Gasteiger partial charge in [-0.2, -0.15) is 0 Å². The second-order valence-corrected chi connectivity index (χ2v) is 5.00. The zero-order valence-electron chi connectivity index (χ0n) is 12.3. The van der Waals surface area contributed by atoms with E-state index in [9.17, 15) is 9.59 Å². The first-order valence-corrected chi connectivity index (χ1v) is 6.93. The molecule has 2 rings (SSSR count).